The molecular weight excluding hydrogens is 374 g/mol. The number of sulfonamides is 1. The summed E-state index contributed by atoms with van der Waals surface area (Å²) in [6.45, 7) is 6.46. The summed E-state index contributed by atoms with van der Waals surface area (Å²) in [5.74, 6) is -0.313. The van der Waals surface area contributed by atoms with E-state index in [9.17, 15) is 13.2 Å². The van der Waals surface area contributed by atoms with Crippen molar-refractivity contribution in [2.75, 3.05) is 14.1 Å². The van der Waals surface area contributed by atoms with Crippen LogP contribution in [-0.2, 0) is 23.1 Å². The minimum Gasteiger partial charge on any atom is -0.348 e. The molecule has 1 amide bonds. The Kier molecular flexibility index (Phi) is 6.98. The van der Waals surface area contributed by atoms with Gasteiger partial charge < -0.3 is 10.2 Å². The molecular formula is C21H29N3O3S. The van der Waals surface area contributed by atoms with E-state index in [0.717, 1.165) is 17.7 Å². The summed E-state index contributed by atoms with van der Waals surface area (Å²) >= 11 is 0. The molecule has 0 aliphatic carbocycles. The Bertz CT molecular complexity index is 932. The largest absolute Gasteiger partial charge is 0.348 e. The van der Waals surface area contributed by atoms with Crippen LogP contribution in [0.4, 0.5) is 0 Å². The molecule has 0 heterocycles. The van der Waals surface area contributed by atoms with Crippen LogP contribution in [0.5, 0.6) is 0 Å². The van der Waals surface area contributed by atoms with Gasteiger partial charge in [-0.3, -0.25) is 4.79 Å². The molecule has 0 radical (unpaired) electrons. The SMILES string of the molecule is CN(C)Cc1ccccc1CNC(=O)c1cccc(S(=O)(=O)NC(C)(C)C)c1. The van der Waals surface area contributed by atoms with Gasteiger partial charge in [0.2, 0.25) is 10.0 Å². The second-order valence-electron chi connectivity index (χ2n) is 8.07. The third kappa shape index (κ3) is 6.44. The van der Waals surface area contributed by atoms with Gasteiger partial charge in [0, 0.05) is 24.2 Å². The molecule has 0 saturated carbocycles. The van der Waals surface area contributed by atoms with Crippen molar-refractivity contribution >= 4 is 15.9 Å². The summed E-state index contributed by atoms with van der Waals surface area (Å²) in [5.41, 5.74) is 1.87. The Morgan fingerprint density at radius 2 is 1.64 bits per heavy atom. The fourth-order valence-corrected chi connectivity index (χ4v) is 4.23. The Morgan fingerprint density at radius 1 is 1.00 bits per heavy atom. The number of hydrogen-bond donors (Lipinski definition) is 2. The zero-order valence-electron chi connectivity index (χ0n) is 17.1. The lowest BCUT2D eigenvalue weighted by molar-refractivity contribution is 0.0950. The van der Waals surface area contributed by atoms with Crippen LogP contribution >= 0.6 is 0 Å². The molecule has 0 atom stereocenters. The quantitative estimate of drug-likeness (QED) is 0.745. The van der Waals surface area contributed by atoms with Crippen molar-refractivity contribution < 1.29 is 13.2 Å². The van der Waals surface area contributed by atoms with Gasteiger partial charge in [-0.05, 0) is 64.2 Å². The third-order valence-corrected chi connectivity index (χ3v) is 5.65. The van der Waals surface area contributed by atoms with Gasteiger partial charge >= 0.3 is 0 Å². The minimum absolute atomic E-state index is 0.0723. The number of rotatable bonds is 7. The van der Waals surface area contributed by atoms with Gasteiger partial charge in [-0.2, -0.15) is 0 Å². The number of nitrogens with zero attached hydrogens (tertiary/aromatic N) is 1. The van der Waals surface area contributed by atoms with E-state index in [2.05, 4.69) is 14.9 Å². The molecule has 0 saturated heterocycles. The number of amides is 1. The molecule has 0 aliphatic heterocycles. The molecule has 0 aliphatic rings. The van der Waals surface area contributed by atoms with Crippen LogP contribution < -0.4 is 10.0 Å². The monoisotopic (exact) mass is 403 g/mol. The number of benzene rings is 2. The summed E-state index contributed by atoms with van der Waals surface area (Å²) in [7, 11) is 0.289. The van der Waals surface area contributed by atoms with Crippen molar-refractivity contribution in [1.29, 1.82) is 0 Å². The maximum absolute atomic E-state index is 12.6. The minimum atomic E-state index is -3.70. The second-order valence-corrected chi connectivity index (χ2v) is 9.75. The van der Waals surface area contributed by atoms with E-state index >= 15 is 0 Å². The van der Waals surface area contributed by atoms with E-state index in [1.54, 1.807) is 32.9 Å². The van der Waals surface area contributed by atoms with E-state index < -0.39 is 15.6 Å². The highest BCUT2D eigenvalue weighted by Crippen LogP contribution is 2.15. The van der Waals surface area contributed by atoms with Gasteiger partial charge in [-0.15, -0.1) is 0 Å². The van der Waals surface area contributed by atoms with Crippen LogP contribution in [0, 0.1) is 0 Å². The van der Waals surface area contributed by atoms with Crippen LogP contribution in [0.1, 0.15) is 42.3 Å². The lowest BCUT2D eigenvalue weighted by atomic mass is 10.1. The van der Waals surface area contributed by atoms with Crippen molar-refractivity contribution in [3.63, 3.8) is 0 Å². The molecule has 0 bridgehead atoms. The Labute approximate surface area is 168 Å². The molecule has 0 spiro atoms. The summed E-state index contributed by atoms with van der Waals surface area (Å²) in [5, 5.41) is 2.88. The zero-order valence-corrected chi connectivity index (χ0v) is 17.9. The standard InChI is InChI=1S/C21H29N3O3S/c1-21(2,3)23-28(26,27)19-12-8-11-16(13-19)20(25)22-14-17-9-6-7-10-18(17)15-24(4)5/h6-13,23H,14-15H2,1-5H3,(H,22,25). The third-order valence-electron chi connectivity index (χ3n) is 3.89. The molecule has 2 N–H and O–H groups in total. The molecule has 6 nitrogen and oxygen atoms in total. The number of nitrogens with one attached hydrogen (secondary N) is 2. The average molecular weight is 404 g/mol. The maximum Gasteiger partial charge on any atom is 0.251 e. The van der Waals surface area contributed by atoms with Gasteiger partial charge in [0.1, 0.15) is 0 Å². The molecule has 0 aromatic heterocycles. The van der Waals surface area contributed by atoms with Crippen LogP contribution in [0.25, 0.3) is 0 Å². The zero-order chi connectivity index (χ0) is 20.9. The summed E-state index contributed by atoms with van der Waals surface area (Å²) in [6.07, 6.45) is 0. The van der Waals surface area contributed by atoms with Gasteiger partial charge in [0.05, 0.1) is 4.90 Å². The van der Waals surface area contributed by atoms with Gasteiger partial charge in [-0.1, -0.05) is 30.3 Å². The average Bonchev–Trinajstić information content (AvgIpc) is 2.58. The number of carbonyl (C=O) groups excluding carboxylic acids is 1. The van der Waals surface area contributed by atoms with E-state index in [1.807, 2.05) is 38.4 Å². The molecule has 0 unspecified atom stereocenters. The van der Waals surface area contributed by atoms with E-state index in [4.69, 9.17) is 0 Å². The highest BCUT2D eigenvalue weighted by atomic mass is 32.2. The predicted octanol–water partition coefficient (Wildman–Crippen LogP) is 2.76. The molecule has 7 heteroatoms. The van der Waals surface area contributed by atoms with Crippen LogP contribution in [0.2, 0.25) is 0 Å². The highest BCUT2D eigenvalue weighted by molar-refractivity contribution is 7.89. The smallest absolute Gasteiger partial charge is 0.251 e. The molecule has 2 aromatic carbocycles. The fraction of sp³-hybridized carbons (Fsp3) is 0.381. The fourth-order valence-electron chi connectivity index (χ4n) is 2.77. The van der Waals surface area contributed by atoms with Crippen molar-refractivity contribution in [3.05, 3.63) is 65.2 Å². The van der Waals surface area contributed by atoms with Gasteiger partial charge in [0.25, 0.3) is 5.91 Å². The first-order valence-corrected chi connectivity index (χ1v) is 10.6. The van der Waals surface area contributed by atoms with Crippen molar-refractivity contribution in [2.24, 2.45) is 0 Å². The highest BCUT2D eigenvalue weighted by Gasteiger charge is 2.22. The molecule has 152 valence electrons. The first-order valence-electron chi connectivity index (χ1n) is 9.12. The predicted molar refractivity (Wildman–Crippen MR) is 112 cm³/mol. The Morgan fingerprint density at radius 3 is 2.25 bits per heavy atom. The van der Waals surface area contributed by atoms with Crippen LogP contribution in [0.3, 0.4) is 0 Å². The molecule has 28 heavy (non-hydrogen) atoms. The first kappa shape index (κ1) is 22.1. The summed E-state index contributed by atoms with van der Waals surface area (Å²) in [6, 6.07) is 14.0. The topological polar surface area (TPSA) is 78.5 Å². The molecule has 2 rings (SSSR count). The molecule has 2 aromatic rings. The van der Waals surface area contributed by atoms with Crippen molar-refractivity contribution in [1.82, 2.24) is 14.9 Å². The van der Waals surface area contributed by atoms with Crippen LogP contribution in [0.15, 0.2) is 53.4 Å². The number of hydrogen-bond acceptors (Lipinski definition) is 4. The van der Waals surface area contributed by atoms with E-state index in [1.165, 1.54) is 12.1 Å². The first-order chi connectivity index (χ1) is 13.0. The summed E-state index contributed by atoms with van der Waals surface area (Å²) < 4.78 is 27.6. The maximum atomic E-state index is 12.6. The van der Waals surface area contributed by atoms with Gasteiger partial charge in [-0.25, -0.2) is 13.1 Å². The van der Waals surface area contributed by atoms with Crippen molar-refractivity contribution in [3.8, 4) is 0 Å². The summed E-state index contributed by atoms with van der Waals surface area (Å²) in [4.78, 5) is 14.7. The Hall–Kier alpha value is -2.22. The number of carbonyl (C=O) groups is 1. The van der Waals surface area contributed by atoms with Gasteiger partial charge in [0.15, 0.2) is 0 Å². The van der Waals surface area contributed by atoms with Crippen molar-refractivity contribution in [2.45, 2.75) is 44.3 Å². The van der Waals surface area contributed by atoms with E-state index in [-0.39, 0.29) is 10.8 Å². The molecule has 0 fully saturated rings. The van der Waals surface area contributed by atoms with E-state index in [0.29, 0.717) is 12.1 Å². The Balaban J connectivity index is 2.14. The normalized spacial score (nSPS) is 12.2. The lowest BCUT2D eigenvalue weighted by Gasteiger charge is -2.20. The lowest BCUT2D eigenvalue weighted by Crippen LogP contribution is -2.40. The van der Waals surface area contributed by atoms with Crippen LogP contribution in [-0.4, -0.2) is 38.9 Å². The second kappa shape index (κ2) is 8.86.